The van der Waals surface area contributed by atoms with Crippen molar-refractivity contribution in [2.24, 2.45) is 17.6 Å². The highest BCUT2D eigenvalue weighted by Gasteiger charge is 2.25. The molecule has 14 heavy (non-hydrogen) atoms. The minimum absolute atomic E-state index is 0.807. The van der Waals surface area contributed by atoms with Gasteiger partial charge >= 0.3 is 0 Å². The average Bonchev–Trinajstić information content (AvgIpc) is 2.67. The second-order valence-corrected chi connectivity index (χ2v) is 4.69. The third-order valence-corrected chi connectivity index (χ3v) is 3.60. The van der Waals surface area contributed by atoms with E-state index in [4.69, 9.17) is 10.5 Å². The first-order valence-electron chi connectivity index (χ1n) is 5.88. The van der Waals surface area contributed by atoms with Crippen LogP contribution in [-0.2, 0) is 4.74 Å². The van der Waals surface area contributed by atoms with Crippen molar-refractivity contribution in [1.29, 1.82) is 0 Å². The van der Waals surface area contributed by atoms with Gasteiger partial charge in [-0.3, -0.25) is 4.90 Å². The lowest BCUT2D eigenvalue weighted by atomic mass is 10.0. The van der Waals surface area contributed by atoms with Crippen molar-refractivity contribution >= 4 is 0 Å². The molecule has 0 bridgehead atoms. The first-order valence-corrected chi connectivity index (χ1v) is 5.88. The monoisotopic (exact) mass is 198 g/mol. The molecular formula is C11H22N2O. The fourth-order valence-electron chi connectivity index (χ4n) is 2.71. The van der Waals surface area contributed by atoms with Crippen LogP contribution in [0.3, 0.4) is 0 Å². The van der Waals surface area contributed by atoms with E-state index in [0.717, 1.165) is 44.7 Å². The van der Waals surface area contributed by atoms with Crippen LogP contribution in [0.2, 0.25) is 0 Å². The maximum Gasteiger partial charge on any atom is 0.0594 e. The molecule has 1 aliphatic heterocycles. The van der Waals surface area contributed by atoms with E-state index >= 15 is 0 Å². The molecule has 82 valence electrons. The van der Waals surface area contributed by atoms with E-state index in [-0.39, 0.29) is 0 Å². The number of rotatable bonds is 3. The van der Waals surface area contributed by atoms with Gasteiger partial charge in [0.25, 0.3) is 0 Å². The lowest BCUT2D eigenvalue weighted by molar-refractivity contribution is 0.0308. The molecule has 0 aromatic rings. The minimum Gasteiger partial charge on any atom is -0.379 e. The Labute approximate surface area is 86.6 Å². The molecular weight excluding hydrogens is 176 g/mol. The largest absolute Gasteiger partial charge is 0.379 e. The smallest absolute Gasteiger partial charge is 0.0594 e. The Hall–Kier alpha value is -0.120. The molecule has 3 heteroatoms. The van der Waals surface area contributed by atoms with Gasteiger partial charge in [-0.25, -0.2) is 0 Å². The van der Waals surface area contributed by atoms with Crippen molar-refractivity contribution < 1.29 is 4.74 Å². The van der Waals surface area contributed by atoms with Gasteiger partial charge in [0, 0.05) is 19.6 Å². The van der Waals surface area contributed by atoms with Crippen LogP contribution in [0, 0.1) is 11.8 Å². The van der Waals surface area contributed by atoms with Gasteiger partial charge < -0.3 is 10.5 Å². The van der Waals surface area contributed by atoms with Gasteiger partial charge in [0.1, 0.15) is 0 Å². The molecule has 1 heterocycles. The maximum absolute atomic E-state index is 5.70. The number of nitrogens with zero attached hydrogens (tertiary/aromatic N) is 1. The van der Waals surface area contributed by atoms with Crippen molar-refractivity contribution in [3.05, 3.63) is 0 Å². The number of ether oxygens (including phenoxy) is 1. The first-order chi connectivity index (χ1) is 6.88. The zero-order valence-electron chi connectivity index (χ0n) is 8.95. The summed E-state index contributed by atoms with van der Waals surface area (Å²) in [6, 6.07) is 0. The average molecular weight is 198 g/mol. The summed E-state index contributed by atoms with van der Waals surface area (Å²) in [5.41, 5.74) is 5.70. The molecule has 2 fully saturated rings. The second kappa shape index (κ2) is 5.10. The highest BCUT2D eigenvalue weighted by atomic mass is 16.5. The predicted octanol–water partition coefficient (Wildman–Crippen LogP) is 0.694. The van der Waals surface area contributed by atoms with Gasteiger partial charge in [-0.15, -0.1) is 0 Å². The van der Waals surface area contributed by atoms with Crippen molar-refractivity contribution in [3.63, 3.8) is 0 Å². The van der Waals surface area contributed by atoms with Gasteiger partial charge in [-0.2, -0.15) is 0 Å². The zero-order chi connectivity index (χ0) is 9.80. The highest BCUT2D eigenvalue weighted by Crippen LogP contribution is 2.30. The predicted molar refractivity (Wildman–Crippen MR) is 57.1 cm³/mol. The van der Waals surface area contributed by atoms with Gasteiger partial charge in [-0.05, 0) is 37.6 Å². The fourth-order valence-corrected chi connectivity index (χ4v) is 2.71. The Balaban J connectivity index is 1.69. The molecule has 1 aliphatic carbocycles. The molecule has 0 amide bonds. The fraction of sp³-hybridized carbons (Fsp3) is 1.00. The summed E-state index contributed by atoms with van der Waals surface area (Å²) in [5, 5.41) is 0. The van der Waals surface area contributed by atoms with Crippen LogP contribution >= 0.6 is 0 Å². The Kier molecular flexibility index (Phi) is 3.79. The summed E-state index contributed by atoms with van der Waals surface area (Å²) < 4.78 is 5.34. The summed E-state index contributed by atoms with van der Waals surface area (Å²) in [7, 11) is 0. The molecule has 3 nitrogen and oxygen atoms in total. The summed E-state index contributed by atoms with van der Waals surface area (Å²) in [6.45, 7) is 6.27. The molecule has 0 spiro atoms. The lowest BCUT2D eigenvalue weighted by Gasteiger charge is -2.29. The molecule has 2 rings (SSSR count). The SMILES string of the molecule is NCC1CCC(CN2CCOCC2)C1. The molecule has 1 saturated heterocycles. The molecule has 2 atom stereocenters. The Morgan fingerprint density at radius 3 is 2.50 bits per heavy atom. The van der Waals surface area contributed by atoms with Crippen LogP contribution in [0.4, 0.5) is 0 Å². The van der Waals surface area contributed by atoms with E-state index in [1.54, 1.807) is 0 Å². The Bertz CT molecular complexity index is 169. The number of hydrogen-bond acceptors (Lipinski definition) is 3. The molecule has 2 aliphatic rings. The molecule has 0 aromatic heterocycles. The molecule has 2 unspecified atom stereocenters. The van der Waals surface area contributed by atoms with Crippen LogP contribution < -0.4 is 5.73 Å². The number of hydrogen-bond donors (Lipinski definition) is 1. The van der Waals surface area contributed by atoms with Crippen LogP contribution in [-0.4, -0.2) is 44.3 Å². The second-order valence-electron chi connectivity index (χ2n) is 4.69. The quantitative estimate of drug-likeness (QED) is 0.725. The summed E-state index contributed by atoms with van der Waals surface area (Å²) in [4.78, 5) is 2.55. The highest BCUT2D eigenvalue weighted by molar-refractivity contribution is 4.79. The standard InChI is InChI=1S/C11H22N2O/c12-8-10-1-2-11(7-10)9-13-3-5-14-6-4-13/h10-11H,1-9,12H2. The maximum atomic E-state index is 5.70. The van der Waals surface area contributed by atoms with Crippen molar-refractivity contribution in [2.75, 3.05) is 39.4 Å². The van der Waals surface area contributed by atoms with E-state index in [9.17, 15) is 0 Å². The first kappa shape index (κ1) is 10.4. The lowest BCUT2D eigenvalue weighted by Crippen LogP contribution is -2.39. The molecule has 0 aromatic carbocycles. The van der Waals surface area contributed by atoms with E-state index in [1.165, 1.54) is 25.8 Å². The summed E-state index contributed by atoms with van der Waals surface area (Å²) >= 11 is 0. The van der Waals surface area contributed by atoms with E-state index in [0.29, 0.717) is 0 Å². The third-order valence-electron chi connectivity index (χ3n) is 3.60. The molecule has 0 radical (unpaired) electrons. The van der Waals surface area contributed by atoms with E-state index in [1.807, 2.05) is 0 Å². The number of nitrogens with two attached hydrogens (primary N) is 1. The number of morpholine rings is 1. The van der Waals surface area contributed by atoms with Crippen LogP contribution in [0.15, 0.2) is 0 Å². The van der Waals surface area contributed by atoms with Gasteiger partial charge in [-0.1, -0.05) is 0 Å². The summed E-state index contributed by atoms with van der Waals surface area (Å²) in [6.07, 6.45) is 4.10. The van der Waals surface area contributed by atoms with Crippen molar-refractivity contribution in [3.8, 4) is 0 Å². The molecule has 1 saturated carbocycles. The van der Waals surface area contributed by atoms with Crippen molar-refractivity contribution in [1.82, 2.24) is 4.90 Å². The van der Waals surface area contributed by atoms with E-state index < -0.39 is 0 Å². The van der Waals surface area contributed by atoms with Gasteiger partial charge in [0.05, 0.1) is 13.2 Å². The van der Waals surface area contributed by atoms with Gasteiger partial charge in [0.15, 0.2) is 0 Å². The van der Waals surface area contributed by atoms with Crippen LogP contribution in [0.5, 0.6) is 0 Å². The molecule has 2 N–H and O–H groups in total. The third kappa shape index (κ3) is 2.69. The summed E-state index contributed by atoms with van der Waals surface area (Å²) in [5.74, 6) is 1.71. The van der Waals surface area contributed by atoms with Gasteiger partial charge in [0.2, 0.25) is 0 Å². The van der Waals surface area contributed by atoms with E-state index in [2.05, 4.69) is 4.90 Å². The zero-order valence-corrected chi connectivity index (χ0v) is 8.95. The van der Waals surface area contributed by atoms with Crippen LogP contribution in [0.1, 0.15) is 19.3 Å². The minimum atomic E-state index is 0.807. The normalized spacial score (nSPS) is 34.9. The Morgan fingerprint density at radius 2 is 1.86 bits per heavy atom. The topological polar surface area (TPSA) is 38.5 Å². The Morgan fingerprint density at radius 1 is 1.14 bits per heavy atom. The van der Waals surface area contributed by atoms with Crippen molar-refractivity contribution in [2.45, 2.75) is 19.3 Å². The van der Waals surface area contributed by atoms with Crippen LogP contribution in [0.25, 0.3) is 0 Å².